The van der Waals surface area contributed by atoms with Gasteiger partial charge in [-0.25, -0.2) is 0 Å². The molecule has 1 atom stereocenters. The summed E-state index contributed by atoms with van der Waals surface area (Å²) in [5.74, 6) is 0.797. The van der Waals surface area contributed by atoms with Crippen LogP contribution in [0, 0.1) is 5.92 Å². The number of hydrogen-bond acceptors (Lipinski definition) is 3. The van der Waals surface area contributed by atoms with Crippen LogP contribution in [0.5, 0.6) is 0 Å². The summed E-state index contributed by atoms with van der Waals surface area (Å²) in [6, 6.07) is 0. The molecule has 0 amide bonds. The third-order valence-corrected chi connectivity index (χ3v) is 3.63. The number of hydrogen-bond donors (Lipinski definition) is 3. The Morgan fingerprint density at radius 2 is 1.76 bits per heavy atom. The third-order valence-electron chi connectivity index (χ3n) is 3.63. The first-order chi connectivity index (χ1) is 7.74. The molecule has 0 aliphatic carbocycles. The fourth-order valence-corrected chi connectivity index (χ4v) is 3.52. The van der Waals surface area contributed by atoms with Crippen LogP contribution in [0.25, 0.3) is 0 Å². The number of rotatable bonds is 5. The molecule has 17 heavy (non-hydrogen) atoms. The van der Waals surface area contributed by atoms with Gasteiger partial charge in [0.05, 0.1) is 6.17 Å². The Hall–Kier alpha value is -0.120. The molecule has 0 aromatic heterocycles. The Bertz CT molecular complexity index is 220. The molecule has 0 radical (unpaired) electrons. The average Bonchev–Trinajstić information content (AvgIpc) is 2.10. The van der Waals surface area contributed by atoms with E-state index in [4.69, 9.17) is 5.73 Å². The number of piperidine rings is 1. The second kappa shape index (κ2) is 5.68. The van der Waals surface area contributed by atoms with Gasteiger partial charge >= 0.3 is 0 Å². The average molecular weight is 241 g/mol. The maximum absolute atomic E-state index is 6.01. The zero-order chi connectivity index (χ0) is 13.1. The summed E-state index contributed by atoms with van der Waals surface area (Å²) in [5.41, 5.74) is 6.53. The van der Waals surface area contributed by atoms with Crippen molar-refractivity contribution in [1.29, 1.82) is 0 Å². The lowest BCUT2D eigenvalue weighted by Gasteiger charge is -2.46. The predicted octanol–water partition coefficient (Wildman–Crippen LogP) is 2.22. The Kier molecular flexibility index (Phi) is 4.99. The van der Waals surface area contributed by atoms with Crippen molar-refractivity contribution in [2.75, 3.05) is 6.54 Å². The highest BCUT2D eigenvalue weighted by Crippen LogP contribution is 2.35. The van der Waals surface area contributed by atoms with Gasteiger partial charge in [0.25, 0.3) is 0 Å². The molecule has 1 saturated heterocycles. The van der Waals surface area contributed by atoms with Crippen LogP contribution in [0.2, 0.25) is 0 Å². The summed E-state index contributed by atoms with van der Waals surface area (Å²) in [6.07, 6.45) is 5.01. The van der Waals surface area contributed by atoms with E-state index in [2.05, 4.69) is 45.3 Å². The van der Waals surface area contributed by atoms with Gasteiger partial charge in [0.2, 0.25) is 0 Å². The fraction of sp³-hybridized carbons (Fsp3) is 1.00. The van der Waals surface area contributed by atoms with E-state index in [1.165, 1.54) is 19.3 Å². The van der Waals surface area contributed by atoms with Crippen LogP contribution in [0.4, 0.5) is 0 Å². The van der Waals surface area contributed by atoms with Gasteiger partial charge in [-0.05, 0) is 65.8 Å². The molecule has 1 fully saturated rings. The van der Waals surface area contributed by atoms with Crippen LogP contribution in [-0.4, -0.2) is 23.8 Å². The van der Waals surface area contributed by atoms with E-state index in [0.29, 0.717) is 0 Å². The van der Waals surface area contributed by atoms with Gasteiger partial charge in [0.15, 0.2) is 0 Å². The van der Waals surface area contributed by atoms with Crippen LogP contribution >= 0.6 is 0 Å². The maximum atomic E-state index is 6.01. The van der Waals surface area contributed by atoms with Gasteiger partial charge in [-0.2, -0.15) is 0 Å². The van der Waals surface area contributed by atoms with Crippen molar-refractivity contribution in [2.45, 2.75) is 77.5 Å². The Morgan fingerprint density at radius 3 is 2.24 bits per heavy atom. The van der Waals surface area contributed by atoms with Gasteiger partial charge in [-0.15, -0.1) is 0 Å². The fourth-order valence-electron chi connectivity index (χ4n) is 3.52. The van der Waals surface area contributed by atoms with Gasteiger partial charge in [-0.1, -0.05) is 6.92 Å². The molecule has 3 heteroatoms. The van der Waals surface area contributed by atoms with Crippen molar-refractivity contribution < 1.29 is 0 Å². The normalized spacial score (nSPS) is 25.8. The maximum Gasteiger partial charge on any atom is 0.0546 e. The van der Waals surface area contributed by atoms with E-state index in [1.54, 1.807) is 0 Å². The van der Waals surface area contributed by atoms with Crippen LogP contribution in [0.15, 0.2) is 0 Å². The molecule has 0 saturated carbocycles. The van der Waals surface area contributed by atoms with Crippen LogP contribution < -0.4 is 16.4 Å². The smallest absolute Gasteiger partial charge is 0.0546 e. The second-order valence-electron chi connectivity index (χ2n) is 6.91. The highest BCUT2D eigenvalue weighted by Gasteiger charge is 2.37. The van der Waals surface area contributed by atoms with Gasteiger partial charge in [0, 0.05) is 11.1 Å². The molecule has 1 aliphatic rings. The molecule has 102 valence electrons. The standard InChI is InChI=1S/C14H31N3/c1-6-16-12(15)8-7-11-9-13(2,3)17-14(4,5)10-11/h11-12,16-17H,6-10,15H2,1-5H3. The van der Waals surface area contributed by atoms with Crippen molar-refractivity contribution in [3.05, 3.63) is 0 Å². The van der Waals surface area contributed by atoms with Crippen molar-refractivity contribution in [3.63, 3.8) is 0 Å². The monoisotopic (exact) mass is 241 g/mol. The lowest BCUT2D eigenvalue weighted by atomic mass is 9.74. The zero-order valence-corrected chi connectivity index (χ0v) is 12.3. The van der Waals surface area contributed by atoms with Gasteiger partial charge in [0.1, 0.15) is 0 Å². The van der Waals surface area contributed by atoms with E-state index >= 15 is 0 Å². The topological polar surface area (TPSA) is 50.1 Å². The Labute approximate surface area is 107 Å². The molecule has 1 aliphatic heterocycles. The highest BCUT2D eigenvalue weighted by molar-refractivity contribution is 4.96. The molecule has 3 nitrogen and oxygen atoms in total. The van der Waals surface area contributed by atoms with E-state index in [-0.39, 0.29) is 17.2 Å². The zero-order valence-electron chi connectivity index (χ0n) is 12.3. The first-order valence-electron chi connectivity index (χ1n) is 7.02. The third kappa shape index (κ3) is 5.36. The van der Waals surface area contributed by atoms with Gasteiger partial charge < -0.3 is 16.4 Å². The van der Waals surface area contributed by atoms with Crippen molar-refractivity contribution >= 4 is 0 Å². The van der Waals surface area contributed by atoms with E-state index in [1.807, 2.05) is 0 Å². The van der Waals surface area contributed by atoms with E-state index in [9.17, 15) is 0 Å². The van der Waals surface area contributed by atoms with Gasteiger partial charge in [-0.3, -0.25) is 0 Å². The molecule has 0 spiro atoms. The summed E-state index contributed by atoms with van der Waals surface area (Å²) >= 11 is 0. The summed E-state index contributed by atoms with van der Waals surface area (Å²) in [6.45, 7) is 12.3. The molecular weight excluding hydrogens is 210 g/mol. The summed E-state index contributed by atoms with van der Waals surface area (Å²) in [4.78, 5) is 0. The Morgan fingerprint density at radius 1 is 1.24 bits per heavy atom. The molecule has 4 N–H and O–H groups in total. The SMILES string of the molecule is CCNC(N)CCC1CC(C)(C)NC(C)(C)C1. The van der Waals surface area contributed by atoms with Crippen molar-refractivity contribution in [1.82, 2.24) is 10.6 Å². The van der Waals surface area contributed by atoms with E-state index in [0.717, 1.165) is 18.9 Å². The number of nitrogens with one attached hydrogen (secondary N) is 2. The van der Waals surface area contributed by atoms with Crippen LogP contribution in [-0.2, 0) is 0 Å². The quantitative estimate of drug-likeness (QED) is 0.647. The molecule has 0 aromatic rings. The van der Waals surface area contributed by atoms with E-state index < -0.39 is 0 Å². The van der Waals surface area contributed by atoms with Crippen molar-refractivity contribution in [3.8, 4) is 0 Å². The molecule has 1 heterocycles. The minimum Gasteiger partial charge on any atom is -0.316 e. The van der Waals surface area contributed by atoms with Crippen molar-refractivity contribution in [2.24, 2.45) is 11.7 Å². The molecule has 1 rings (SSSR count). The Balaban J connectivity index is 2.43. The predicted molar refractivity (Wildman–Crippen MR) is 74.9 cm³/mol. The second-order valence-corrected chi connectivity index (χ2v) is 6.91. The summed E-state index contributed by atoms with van der Waals surface area (Å²) in [5, 5.41) is 7.02. The molecule has 0 bridgehead atoms. The minimum atomic E-state index is 0.168. The first kappa shape index (κ1) is 14.9. The summed E-state index contributed by atoms with van der Waals surface area (Å²) in [7, 11) is 0. The largest absolute Gasteiger partial charge is 0.316 e. The number of nitrogens with two attached hydrogens (primary N) is 1. The lowest BCUT2D eigenvalue weighted by Crippen LogP contribution is -2.57. The summed E-state index contributed by atoms with van der Waals surface area (Å²) < 4.78 is 0. The minimum absolute atomic E-state index is 0.168. The van der Waals surface area contributed by atoms with Crippen LogP contribution in [0.3, 0.4) is 0 Å². The molecule has 0 aromatic carbocycles. The lowest BCUT2D eigenvalue weighted by molar-refractivity contribution is 0.120. The molecule has 1 unspecified atom stereocenters. The van der Waals surface area contributed by atoms with Crippen LogP contribution in [0.1, 0.15) is 60.3 Å². The first-order valence-corrected chi connectivity index (χ1v) is 7.02. The highest BCUT2D eigenvalue weighted by atomic mass is 15.0. The molecular formula is C14H31N3.